The molecule has 32 heavy (non-hydrogen) atoms. The molecule has 0 saturated heterocycles. The van der Waals surface area contributed by atoms with Crippen molar-refractivity contribution in [3.8, 4) is 22.6 Å². The molecule has 0 N–H and O–H groups in total. The third kappa shape index (κ3) is 5.67. The summed E-state index contributed by atoms with van der Waals surface area (Å²) in [5.74, 6) is 0.463. The van der Waals surface area contributed by atoms with Crippen LogP contribution in [0.1, 0.15) is 15.9 Å². The monoisotopic (exact) mass is 550 g/mol. The van der Waals surface area contributed by atoms with Crippen molar-refractivity contribution >= 4 is 37.8 Å². The van der Waals surface area contributed by atoms with Crippen LogP contribution in [0.3, 0.4) is 0 Å². The molecule has 0 aliphatic rings. The minimum absolute atomic E-state index is 0.367. The van der Waals surface area contributed by atoms with E-state index in [1.807, 2.05) is 66.7 Å². The van der Waals surface area contributed by atoms with Crippen molar-refractivity contribution < 1.29 is 14.3 Å². The molecule has 3 nitrogen and oxygen atoms in total. The molecule has 0 unspecified atom stereocenters. The summed E-state index contributed by atoms with van der Waals surface area (Å²) < 4.78 is 13.1. The molecule has 0 bridgehead atoms. The summed E-state index contributed by atoms with van der Waals surface area (Å²) in [7, 11) is 0. The fourth-order valence-electron chi connectivity index (χ4n) is 3.26. The average Bonchev–Trinajstić information content (AvgIpc) is 2.82. The number of benzene rings is 4. The van der Waals surface area contributed by atoms with E-state index in [0.29, 0.717) is 28.1 Å². The van der Waals surface area contributed by atoms with E-state index in [9.17, 15) is 4.79 Å². The molecule has 0 amide bonds. The number of hydrogen-bond donors (Lipinski definition) is 0. The number of carbonyl (C=O) groups excluding carboxylic acids is 1. The Bertz CT molecular complexity index is 1210. The highest BCUT2D eigenvalue weighted by atomic mass is 79.9. The first kappa shape index (κ1) is 22.3. The van der Waals surface area contributed by atoms with Gasteiger partial charge in [-0.15, -0.1) is 0 Å². The molecule has 4 rings (SSSR count). The van der Waals surface area contributed by atoms with Gasteiger partial charge in [-0.25, -0.2) is 4.79 Å². The third-order valence-electron chi connectivity index (χ3n) is 4.89. The van der Waals surface area contributed by atoms with Crippen LogP contribution >= 0.6 is 31.9 Å². The van der Waals surface area contributed by atoms with Gasteiger partial charge in [-0.3, -0.25) is 0 Å². The quantitative estimate of drug-likeness (QED) is 0.174. The number of ether oxygens (including phenoxy) is 2. The Morgan fingerprint density at radius 1 is 0.719 bits per heavy atom. The Labute approximate surface area is 204 Å². The fourth-order valence-corrected chi connectivity index (χ4v) is 4.08. The van der Waals surface area contributed by atoms with Crippen molar-refractivity contribution in [2.24, 2.45) is 0 Å². The normalized spacial score (nSPS) is 10.6. The Balaban J connectivity index is 1.48. The van der Waals surface area contributed by atoms with Crippen LogP contribution in [0.4, 0.5) is 0 Å². The van der Waals surface area contributed by atoms with Crippen LogP contribution in [0.15, 0.2) is 106 Å². The Kier molecular flexibility index (Phi) is 7.40. The number of esters is 1. The van der Waals surface area contributed by atoms with Gasteiger partial charge in [-0.1, -0.05) is 82.7 Å². The van der Waals surface area contributed by atoms with E-state index >= 15 is 0 Å². The first-order chi connectivity index (χ1) is 15.6. The van der Waals surface area contributed by atoms with E-state index in [1.165, 1.54) is 5.56 Å². The summed E-state index contributed by atoms with van der Waals surface area (Å²) in [5, 5.41) is 0. The smallest absolute Gasteiger partial charge is 0.347 e. The van der Waals surface area contributed by atoms with Crippen LogP contribution in [0.5, 0.6) is 11.5 Å². The largest absolute Gasteiger partial charge is 0.492 e. The Morgan fingerprint density at radius 3 is 2.12 bits per heavy atom. The molecule has 0 saturated carbocycles. The molecular weight excluding hydrogens is 532 g/mol. The summed E-state index contributed by atoms with van der Waals surface area (Å²) in [6, 6.07) is 31.1. The van der Waals surface area contributed by atoms with Crippen LogP contribution in [-0.2, 0) is 6.42 Å². The van der Waals surface area contributed by atoms with E-state index in [0.717, 1.165) is 22.0 Å². The Morgan fingerprint density at radius 2 is 1.41 bits per heavy atom. The minimum Gasteiger partial charge on any atom is -0.492 e. The van der Waals surface area contributed by atoms with Crippen molar-refractivity contribution in [3.05, 3.63) is 117 Å². The van der Waals surface area contributed by atoms with E-state index in [2.05, 4.69) is 44.0 Å². The number of hydrogen-bond acceptors (Lipinski definition) is 3. The molecule has 5 heteroatoms. The van der Waals surface area contributed by atoms with Gasteiger partial charge in [0.1, 0.15) is 17.1 Å². The van der Waals surface area contributed by atoms with Gasteiger partial charge in [-0.2, -0.15) is 0 Å². The summed E-state index contributed by atoms with van der Waals surface area (Å²) in [6.07, 6.45) is 0.748. The lowest BCUT2D eigenvalue weighted by atomic mass is 10.1. The molecule has 0 heterocycles. The highest BCUT2D eigenvalue weighted by Crippen LogP contribution is 2.32. The van der Waals surface area contributed by atoms with Crippen LogP contribution in [0.25, 0.3) is 11.1 Å². The van der Waals surface area contributed by atoms with Crippen molar-refractivity contribution in [2.75, 3.05) is 6.61 Å². The Hall–Kier alpha value is -2.89. The van der Waals surface area contributed by atoms with Crippen LogP contribution in [0.2, 0.25) is 0 Å². The van der Waals surface area contributed by atoms with Gasteiger partial charge in [0, 0.05) is 10.9 Å². The minimum atomic E-state index is -0.478. The van der Waals surface area contributed by atoms with E-state index in [4.69, 9.17) is 9.47 Å². The maximum Gasteiger partial charge on any atom is 0.347 e. The van der Waals surface area contributed by atoms with E-state index in [1.54, 1.807) is 18.2 Å². The van der Waals surface area contributed by atoms with Crippen molar-refractivity contribution in [1.29, 1.82) is 0 Å². The standard InChI is InChI=1S/C27H20Br2O3/c28-22-12-14-25(31-16-15-19-7-3-1-4-8-19)23(18-22)27(30)32-26-13-11-21(17-24(26)29)20-9-5-2-6-10-20/h1-14,17-18H,15-16H2. The molecule has 0 aliphatic carbocycles. The predicted molar refractivity (Wildman–Crippen MR) is 134 cm³/mol. The molecule has 4 aromatic rings. The lowest BCUT2D eigenvalue weighted by Gasteiger charge is -2.13. The molecule has 0 aliphatic heterocycles. The molecule has 0 radical (unpaired) electrons. The molecule has 160 valence electrons. The summed E-state index contributed by atoms with van der Waals surface area (Å²) in [5.41, 5.74) is 3.67. The second kappa shape index (κ2) is 10.6. The van der Waals surface area contributed by atoms with Gasteiger partial charge in [-0.05, 0) is 63.0 Å². The van der Waals surface area contributed by atoms with E-state index < -0.39 is 5.97 Å². The van der Waals surface area contributed by atoms with Crippen molar-refractivity contribution in [1.82, 2.24) is 0 Å². The highest BCUT2D eigenvalue weighted by Gasteiger charge is 2.17. The topological polar surface area (TPSA) is 35.5 Å². The van der Waals surface area contributed by atoms with Gasteiger partial charge in [0.2, 0.25) is 0 Å². The van der Waals surface area contributed by atoms with Gasteiger partial charge in [0.05, 0.1) is 11.1 Å². The molecular formula is C27H20Br2O3. The zero-order valence-electron chi connectivity index (χ0n) is 17.1. The first-order valence-corrected chi connectivity index (χ1v) is 11.7. The van der Waals surface area contributed by atoms with Crippen LogP contribution < -0.4 is 9.47 Å². The summed E-state index contributed by atoms with van der Waals surface area (Å²) in [6.45, 7) is 0.460. The predicted octanol–water partition coefficient (Wildman–Crippen LogP) is 7.72. The summed E-state index contributed by atoms with van der Waals surface area (Å²) in [4.78, 5) is 13.0. The molecule has 0 fully saturated rings. The summed E-state index contributed by atoms with van der Waals surface area (Å²) >= 11 is 6.96. The zero-order chi connectivity index (χ0) is 22.3. The lowest BCUT2D eigenvalue weighted by molar-refractivity contribution is 0.0729. The van der Waals surface area contributed by atoms with Crippen molar-refractivity contribution in [3.63, 3.8) is 0 Å². The number of rotatable bonds is 7. The first-order valence-electron chi connectivity index (χ1n) is 10.1. The maximum atomic E-state index is 13.0. The van der Waals surface area contributed by atoms with Crippen molar-refractivity contribution in [2.45, 2.75) is 6.42 Å². The van der Waals surface area contributed by atoms with Crippen LogP contribution in [0, 0.1) is 0 Å². The number of carbonyl (C=O) groups is 1. The highest BCUT2D eigenvalue weighted by molar-refractivity contribution is 9.10. The fraction of sp³-hybridized carbons (Fsp3) is 0.0741. The van der Waals surface area contributed by atoms with Gasteiger partial charge in [0.15, 0.2) is 0 Å². The van der Waals surface area contributed by atoms with E-state index in [-0.39, 0.29) is 0 Å². The maximum absolute atomic E-state index is 13.0. The third-order valence-corrected chi connectivity index (χ3v) is 6.01. The lowest BCUT2D eigenvalue weighted by Crippen LogP contribution is -2.12. The molecule has 0 spiro atoms. The molecule has 4 aromatic carbocycles. The van der Waals surface area contributed by atoms with Gasteiger partial charge in [0.25, 0.3) is 0 Å². The SMILES string of the molecule is O=C(Oc1ccc(-c2ccccc2)cc1Br)c1cc(Br)ccc1OCCc1ccccc1. The second-order valence-electron chi connectivity index (χ2n) is 7.13. The van der Waals surface area contributed by atoms with Crippen LogP contribution in [-0.4, -0.2) is 12.6 Å². The van der Waals surface area contributed by atoms with Gasteiger partial charge < -0.3 is 9.47 Å². The van der Waals surface area contributed by atoms with Gasteiger partial charge >= 0.3 is 5.97 Å². The number of halogens is 2. The molecule has 0 aromatic heterocycles. The average molecular weight is 552 g/mol. The second-order valence-corrected chi connectivity index (χ2v) is 8.90. The molecule has 0 atom stereocenters. The zero-order valence-corrected chi connectivity index (χ0v) is 20.3.